The minimum Gasteiger partial charge on any atom is -0.496 e. The second kappa shape index (κ2) is 11.7. The van der Waals surface area contributed by atoms with E-state index in [9.17, 15) is 22.8 Å². The fourth-order valence-electron chi connectivity index (χ4n) is 4.72. The van der Waals surface area contributed by atoms with Crippen LogP contribution in [-0.4, -0.2) is 24.8 Å². The number of rotatable bonds is 7. The van der Waals surface area contributed by atoms with Crippen molar-refractivity contribution in [3.8, 4) is 11.5 Å². The number of ether oxygens (including phenoxy) is 3. The fourth-order valence-corrected chi connectivity index (χ4v) is 5.77. The standard InChI is InChI=1S/C31H25F3N2O5S/c1-18-26(29(38)40-3)27(20-8-5-4-6-9-20)36-28(37)25(42-30(36)35-18)15-19-12-13-24(39-2)21(14-19)17-41-23-11-7-10-22(16-23)31(32,33)34/h4-16,27H,17H2,1-3H3/t27-/m0/s1. The quantitative estimate of drug-likeness (QED) is 0.281. The molecule has 0 saturated heterocycles. The van der Waals surface area contributed by atoms with E-state index in [-0.39, 0.29) is 23.5 Å². The van der Waals surface area contributed by atoms with Crippen LogP contribution in [0, 0.1) is 0 Å². The molecule has 0 amide bonds. The van der Waals surface area contributed by atoms with Crippen LogP contribution in [0.1, 0.15) is 35.2 Å². The van der Waals surface area contributed by atoms with Crippen LogP contribution in [0.5, 0.6) is 11.5 Å². The molecule has 1 aromatic heterocycles. The van der Waals surface area contributed by atoms with E-state index < -0.39 is 23.8 Å². The predicted octanol–water partition coefficient (Wildman–Crippen LogP) is 5.01. The molecule has 0 aliphatic carbocycles. The second-order valence-electron chi connectivity index (χ2n) is 9.37. The Labute approximate surface area is 242 Å². The summed E-state index contributed by atoms with van der Waals surface area (Å²) in [7, 11) is 2.76. The van der Waals surface area contributed by atoms with Gasteiger partial charge in [0.2, 0.25) is 0 Å². The van der Waals surface area contributed by atoms with Crippen LogP contribution in [0.15, 0.2) is 93.9 Å². The highest BCUT2D eigenvalue weighted by Crippen LogP contribution is 2.32. The van der Waals surface area contributed by atoms with Gasteiger partial charge in [-0.15, -0.1) is 0 Å². The lowest BCUT2D eigenvalue weighted by Crippen LogP contribution is -2.39. The molecule has 0 radical (unpaired) electrons. The second-order valence-corrected chi connectivity index (χ2v) is 10.4. The maximum Gasteiger partial charge on any atom is 0.416 e. The number of benzene rings is 3. The molecule has 1 aliphatic heterocycles. The van der Waals surface area contributed by atoms with Gasteiger partial charge in [0.1, 0.15) is 18.1 Å². The van der Waals surface area contributed by atoms with Crippen LogP contribution in [0.3, 0.4) is 0 Å². The zero-order valence-corrected chi connectivity index (χ0v) is 23.6. The zero-order chi connectivity index (χ0) is 30.0. The van der Waals surface area contributed by atoms with Crippen molar-refractivity contribution >= 4 is 23.4 Å². The summed E-state index contributed by atoms with van der Waals surface area (Å²) < 4.78 is 57.3. The summed E-state index contributed by atoms with van der Waals surface area (Å²) in [5, 5.41) is 0. The van der Waals surface area contributed by atoms with Gasteiger partial charge < -0.3 is 14.2 Å². The molecule has 2 heterocycles. The van der Waals surface area contributed by atoms with Gasteiger partial charge in [0.25, 0.3) is 5.56 Å². The molecule has 1 atom stereocenters. The lowest BCUT2D eigenvalue weighted by Gasteiger charge is -2.24. The summed E-state index contributed by atoms with van der Waals surface area (Å²) in [6.07, 6.45) is -2.80. The Morgan fingerprint density at radius 2 is 1.81 bits per heavy atom. The van der Waals surface area contributed by atoms with Gasteiger partial charge in [-0.05, 0) is 54.5 Å². The first-order valence-electron chi connectivity index (χ1n) is 12.7. The molecule has 0 spiro atoms. The van der Waals surface area contributed by atoms with E-state index in [1.54, 1.807) is 31.2 Å². The average molecular weight is 595 g/mol. The van der Waals surface area contributed by atoms with Gasteiger partial charge in [-0.1, -0.05) is 53.8 Å². The van der Waals surface area contributed by atoms with Gasteiger partial charge in [0.15, 0.2) is 4.80 Å². The Bertz CT molecular complexity index is 1860. The number of nitrogens with zero attached hydrogens (tertiary/aromatic N) is 2. The number of hydrogen-bond donors (Lipinski definition) is 0. The van der Waals surface area contributed by atoms with Crippen molar-refractivity contribution in [2.75, 3.05) is 14.2 Å². The first kappa shape index (κ1) is 28.9. The Balaban J connectivity index is 1.53. The summed E-state index contributed by atoms with van der Waals surface area (Å²) in [6, 6.07) is 18.3. The van der Waals surface area contributed by atoms with Gasteiger partial charge in [0.05, 0.1) is 41.6 Å². The molecule has 11 heteroatoms. The van der Waals surface area contributed by atoms with Gasteiger partial charge in [-0.3, -0.25) is 9.36 Å². The van der Waals surface area contributed by atoms with Crippen LogP contribution in [0.4, 0.5) is 13.2 Å². The van der Waals surface area contributed by atoms with Gasteiger partial charge in [0, 0.05) is 5.56 Å². The maximum absolute atomic E-state index is 13.8. The molecule has 5 rings (SSSR count). The number of fused-ring (bicyclic) bond motifs is 1. The number of carbonyl (C=O) groups is 1. The first-order chi connectivity index (χ1) is 20.1. The minimum absolute atomic E-state index is 0.0586. The number of allylic oxidation sites excluding steroid dienone is 1. The fraction of sp³-hybridized carbons (Fsp3) is 0.194. The summed E-state index contributed by atoms with van der Waals surface area (Å²) >= 11 is 1.18. The van der Waals surface area contributed by atoms with Crippen molar-refractivity contribution < 1.29 is 32.2 Å². The molecule has 0 fully saturated rings. The number of hydrogen-bond acceptors (Lipinski definition) is 7. The molecule has 42 heavy (non-hydrogen) atoms. The summed E-state index contributed by atoms with van der Waals surface area (Å²) in [5.74, 6) is -0.0359. The van der Waals surface area contributed by atoms with Crippen molar-refractivity contribution in [1.29, 1.82) is 0 Å². The van der Waals surface area contributed by atoms with Crippen LogP contribution in [0.25, 0.3) is 6.08 Å². The van der Waals surface area contributed by atoms with Crippen LogP contribution in [-0.2, 0) is 22.3 Å². The highest BCUT2D eigenvalue weighted by atomic mass is 32.1. The lowest BCUT2D eigenvalue weighted by atomic mass is 9.96. The number of halogens is 3. The third kappa shape index (κ3) is 5.73. The molecule has 0 bridgehead atoms. The van der Waals surface area contributed by atoms with Crippen molar-refractivity contribution in [2.24, 2.45) is 4.99 Å². The molecule has 0 N–H and O–H groups in total. The summed E-state index contributed by atoms with van der Waals surface area (Å²) in [6.45, 7) is 1.64. The van der Waals surface area contributed by atoms with E-state index in [1.165, 1.54) is 42.3 Å². The van der Waals surface area contributed by atoms with Crippen molar-refractivity contribution in [3.05, 3.63) is 126 Å². The minimum atomic E-state index is -4.49. The molecule has 0 unspecified atom stereocenters. The predicted molar refractivity (Wildman–Crippen MR) is 151 cm³/mol. The molecule has 1 aliphatic rings. The highest BCUT2D eigenvalue weighted by Gasteiger charge is 2.33. The number of thiazole rings is 1. The van der Waals surface area contributed by atoms with Gasteiger partial charge in [-0.25, -0.2) is 9.79 Å². The van der Waals surface area contributed by atoms with Crippen LogP contribution >= 0.6 is 11.3 Å². The van der Waals surface area contributed by atoms with E-state index in [0.717, 1.165) is 17.7 Å². The lowest BCUT2D eigenvalue weighted by molar-refractivity contribution is -0.138. The summed E-state index contributed by atoms with van der Waals surface area (Å²) in [5.41, 5.74) is 1.54. The van der Waals surface area contributed by atoms with E-state index in [0.29, 0.717) is 31.9 Å². The van der Waals surface area contributed by atoms with Crippen molar-refractivity contribution in [2.45, 2.75) is 25.7 Å². The van der Waals surface area contributed by atoms with Gasteiger partial charge >= 0.3 is 12.1 Å². The topological polar surface area (TPSA) is 79.1 Å². The molecular weight excluding hydrogens is 569 g/mol. The van der Waals surface area contributed by atoms with E-state index in [4.69, 9.17) is 14.2 Å². The third-order valence-electron chi connectivity index (χ3n) is 6.70. The van der Waals surface area contributed by atoms with Crippen LogP contribution < -0.4 is 24.4 Å². The van der Waals surface area contributed by atoms with E-state index in [1.807, 2.05) is 30.3 Å². The van der Waals surface area contributed by atoms with E-state index in [2.05, 4.69) is 4.99 Å². The molecule has 3 aromatic carbocycles. The molecule has 7 nitrogen and oxygen atoms in total. The SMILES string of the molecule is COC(=O)C1=C(C)N=c2sc(=Cc3ccc(OC)c(COc4cccc(C(F)(F)F)c4)c3)c(=O)n2[C@H]1c1ccccc1. The largest absolute Gasteiger partial charge is 0.496 e. The smallest absolute Gasteiger partial charge is 0.416 e. The van der Waals surface area contributed by atoms with Crippen LogP contribution in [0.2, 0.25) is 0 Å². The third-order valence-corrected chi connectivity index (χ3v) is 7.68. The van der Waals surface area contributed by atoms with E-state index >= 15 is 0 Å². The Morgan fingerprint density at radius 1 is 1.05 bits per heavy atom. The molecule has 4 aromatic rings. The highest BCUT2D eigenvalue weighted by molar-refractivity contribution is 7.07. The normalized spacial score (nSPS) is 15.2. The number of methoxy groups -OCH3 is 2. The number of carbonyl (C=O) groups excluding carboxylic acids is 1. The first-order valence-corrected chi connectivity index (χ1v) is 13.5. The number of alkyl halides is 3. The Kier molecular flexibility index (Phi) is 8.04. The molecular formula is C31H25F3N2O5S. The molecule has 216 valence electrons. The average Bonchev–Trinajstić information content (AvgIpc) is 3.29. The van der Waals surface area contributed by atoms with Crippen molar-refractivity contribution in [1.82, 2.24) is 4.57 Å². The number of aromatic nitrogens is 1. The monoisotopic (exact) mass is 594 g/mol. The Morgan fingerprint density at radius 3 is 2.50 bits per heavy atom. The molecule has 0 saturated carbocycles. The zero-order valence-electron chi connectivity index (χ0n) is 22.8. The Hall–Kier alpha value is -4.64. The number of esters is 1. The van der Waals surface area contributed by atoms with Gasteiger partial charge in [-0.2, -0.15) is 13.2 Å². The maximum atomic E-state index is 13.8. The van der Waals surface area contributed by atoms with Crippen molar-refractivity contribution in [3.63, 3.8) is 0 Å². The summed E-state index contributed by atoms with van der Waals surface area (Å²) in [4.78, 5) is 31.5.